The summed E-state index contributed by atoms with van der Waals surface area (Å²) in [5.41, 5.74) is 7.15. The fourth-order valence-corrected chi connectivity index (χ4v) is 3.61. The molecule has 0 unspecified atom stereocenters. The number of anilines is 2. The number of hydrogen-bond acceptors (Lipinski definition) is 6. The highest BCUT2D eigenvalue weighted by Crippen LogP contribution is 2.36. The lowest BCUT2D eigenvalue weighted by Crippen LogP contribution is -2.36. The van der Waals surface area contributed by atoms with Crippen LogP contribution in [-0.4, -0.2) is 52.2 Å². The molecular formula is C18H29Cl2N7. The number of aromatic nitrogens is 4. The molecular weight excluding hydrogens is 385 g/mol. The number of halogens is 2. The Balaban J connectivity index is 0.00000131. The zero-order valence-corrected chi connectivity index (χ0v) is 17.3. The molecule has 2 N–H and O–H groups in total. The third-order valence-corrected chi connectivity index (χ3v) is 5.35. The summed E-state index contributed by atoms with van der Waals surface area (Å²) < 4.78 is 2.09. The summed E-state index contributed by atoms with van der Waals surface area (Å²) in [5, 5.41) is 0. The Labute approximate surface area is 173 Å². The molecule has 2 fully saturated rings. The first kappa shape index (κ1) is 21.7. The number of hydrogen-bond donors (Lipinski definition) is 1. The fourth-order valence-electron chi connectivity index (χ4n) is 3.61. The van der Waals surface area contributed by atoms with E-state index in [1.165, 1.54) is 12.8 Å². The van der Waals surface area contributed by atoms with Crippen LogP contribution in [0.25, 0.3) is 0 Å². The quantitative estimate of drug-likeness (QED) is 0.783. The largest absolute Gasteiger partial charge is 0.358 e. The van der Waals surface area contributed by atoms with Crippen molar-refractivity contribution >= 4 is 36.6 Å². The van der Waals surface area contributed by atoms with Crippen molar-refractivity contribution in [1.82, 2.24) is 19.5 Å². The lowest BCUT2D eigenvalue weighted by atomic mass is 9.78. The van der Waals surface area contributed by atoms with Crippen molar-refractivity contribution in [2.45, 2.75) is 44.2 Å². The predicted octanol–water partition coefficient (Wildman–Crippen LogP) is 2.46. The first-order valence-corrected chi connectivity index (χ1v) is 9.25. The molecule has 9 heteroatoms. The van der Waals surface area contributed by atoms with E-state index < -0.39 is 0 Å². The SMILES string of the molecule is CN(CCn1ccnc1)c1cc(C2CC(N)C2)nc(N2CCCC2)n1.Cl.Cl. The summed E-state index contributed by atoms with van der Waals surface area (Å²) in [6.45, 7) is 3.90. The molecule has 1 saturated carbocycles. The van der Waals surface area contributed by atoms with E-state index in [4.69, 9.17) is 15.7 Å². The van der Waals surface area contributed by atoms with Gasteiger partial charge in [0.15, 0.2) is 0 Å². The minimum Gasteiger partial charge on any atom is -0.358 e. The van der Waals surface area contributed by atoms with E-state index in [1.54, 1.807) is 0 Å². The minimum atomic E-state index is 0. The highest BCUT2D eigenvalue weighted by molar-refractivity contribution is 5.85. The van der Waals surface area contributed by atoms with Crippen molar-refractivity contribution in [1.29, 1.82) is 0 Å². The summed E-state index contributed by atoms with van der Waals surface area (Å²) in [6, 6.07) is 2.49. The third-order valence-electron chi connectivity index (χ3n) is 5.35. The molecule has 2 aromatic rings. The highest BCUT2D eigenvalue weighted by Gasteiger charge is 2.30. The van der Waals surface area contributed by atoms with Crippen LogP contribution in [0.5, 0.6) is 0 Å². The molecule has 0 aromatic carbocycles. The molecule has 150 valence electrons. The molecule has 1 aliphatic heterocycles. The van der Waals surface area contributed by atoms with E-state index in [1.807, 2.05) is 18.7 Å². The molecule has 0 radical (unpaired) electrons. The smallest absolute Gasteiger partial charge is 0.227 e. The Kier molecular flexibility index (Phi) is 7.70. The van der Waals surface area contributed by atoms with Crippen molar-refractivity contribution in [3.63, 3.8) is 0 Å². The summed E-state index contributed by atoms with van der Waals surface area (Å²) in [7, 11) is 2.10. The Bertz CT molecular complexity index is 698. The first-order valence-electron chi connectivity index (χ1n) is 9.25. The number of imidazole rings is 1. The van der Waals surface area contributed by atoms with Crippen molar-refractivity contribution in [3.8, 4) is 0 Å². The van der Waals surface area contributed by atoms with Crippen LogP contribution in [0.15, 0.2) is 24.8 Å². The Hall–Kier alpha value is -1.57. The standard InChI is InChI=1S/C18H27N7.2ClH/c1-23(8-9-24-7-4-20-13-24)17-12-16(14-10-15(19)11-14)21-18(22-17)25-5-2-3-6-25;;/h4,7,12-15H,2-3,5-6,8-11,19H2,1H3;2*1H. The monoisotopic (exact) mass is 413 g/mol. The normalized spacial score (nSPS) is 21.2. The molecule has 0 bridgehead atoms. The van der Waals surface area contributed by atoms with Crippen LogP contribution in [0.2, 0.25) is 0 Å². The third kappa shape index (κ3) is 5.03. The molecule has 0 atom stereocenters. The maximum Gasteiger partial charge on any atom is 0.227 e. The van der Waals surface area contributed by atoms with Crippen molar-refractivity contribution in [2.24, 2.45) is 5.73 Å². The van der Waals surface area contributed by atoms with E-state index in [-0.39, 0.29) is 24.8 Å². The van der Waals surface area contributed by atoms with E-state index in [9.17, 15) is 0 Å². The number of nitrogens with zero attached hydrogens (tertiary/aromatic N) is 6. The van der Waals surface area contributed by atoms with Gasteiger partial charge in [-0.3, -0.25) is 0 Å². The minimum absolute atomic E-state index is 0. The Morgan fingerprint density at radius 1 is 1.19 bits per heavy atom. The second-order valence-electron chi connectivity index (χ2n) is 7.30. The molecule has 2 aliphatic rings. The number of nitrogens with two attached hydrogens (primary N) is 1. The average molecular weight is 414 g/mol. The molecule has 27 heavy (non-hydrogen) atoms. The van der Waals surface area contributed by atoms with Gasteiger partial charge in [-0.05, 0) is 25.7 Å². The summed E-state index contributed by atoms with van der Waals surface area (Å²) in [6.07, 6.45) is 10.2. The van der Waals surface area contributed by atoms with Gasteiger partial charge in [-0.25, -0.2) is 9.97 Å². The molecule has 0 amide bonds. The van der Waals surface area contributed by atoms with Gasteiger partial charge in [-0.2, -0.15) is 4.98 Å². The topological polar surface area (TPSA) is 76.1 Å². The van der Waals surface area contributed by atoms with Gasteiger partial charge < -0.3 is 20.1 Å². The molecule has 3 heterocycles. The maximum atomic E-state index is 5.99. The van der Waals surface area contributed by atoms with Crippen LogP contribution in [0.3, 0.4) is 0 Å². The molecule has 4 rings (SSSR count). The molecule has 7 nitrogen and oxygen atoms in total. The van der Waals surface area contributed by atoms with Gasteiger partial charge in [0.2, 0.25) is 5.95 Å². The average Bonchev–Trinajstić information content (AvgIpc) is 3.29. The van der Waals surface area contributed by atoms with E-state index >= 15 is 0 Å². The van der Waals surface area contributed by atoms with Crippen molar-refractivity contribution in [2.75, 3.05) is 36.5 Å². The van der Waals surface area contributed by atoms with E-state index in [0.29, 0.717) is 12.0 Å². The lowest BCUT2D eigenvalue weighted by Gasteiger charge is -2.33. The number of rotatable bonds is 6. The van der Waals surface area contributed by atoms with Crippen LogP contribution in [0.1, 0.15) is 37.3 Å². The van der Waals surface area contributed by atoms with Gasteiger partial charge in [0.05, 0.1) is 12.0 Å². The van der Waals surface area contributed by atoms with Crippen LogP contribution in [0.4, 0.5) is 11.8 Å². The van der Waals surface area contributed by atoms with Gasteiger partial charge in [-0.1, -0.05) is 0 Å². The molecule has 1 aliphatic carbocycles. The first-order chi connectivity index (χ1) is 12.2. The summed E-state index contributed by atoms with van der Waals surface area (Å²) in [5.74, 6) is 2.38. The second-order valence-corrected chi connectivity index (χ2v) is 7.30. The van der Waals surface area contributed by atoms with Crippen molar-refractivity contribution < 1.29 is 0 Å². The van der Waals surface area contributed by atoms with Crippen LogP contribution < -0.4 is 15.5 Å². The van der Waals surface area contributed by atoms with Gasteiger partial charge in [0.1, 0.15) is 5.82 Å². The van der Waals surface area contributed by atoms with Gasteiger partial charge in [-0.15, -0.1) is 24.8 Å². The summed E-state index contributed by atoms with van der Waals surface area (Å²) in [4.78, 5) is 18.4. The van der Waals surface area contributed by atoms with Crippen molar-refractivity contribution in [3.05, 3.63) is 30.5 Å². The van der Waals surface area contributed by atoms with Gasteiger partial charge >= 0.3 is 0 Å². The molecule has 0 spiro atoms. The Morgan fingerprint density at radius 2 is 1.93 bits per heavy atom. The van der Waals surface area contributed by atoms with Crippen LogP contribution >= 0.6 is 24.8 Å². The zero-order valence-electron chi connectivity index (χ0n) is 15.7. The zero-order chi connectivity index (χ0) is 17.2. The molecule has 1 saturated heterocycles. The Morgan fingerprint density at radius 3 is 2.56 bits per heavy atom. The number of likely N-dealkylation sites (N-methyl/N-ethyl adjacent to an activating group) is 1. The van der Waals surface area contributed by atoms with E-state index in [0.717, 1.165) is 56.5 Å². The molecule has 2 aromatic heterocycles. The lowest BCUT2D eigenvalue weighted by molar-refractivity contribution is 0.345. The van der Waals surface area contributed by atoms with Gasteiger partial charge in [0.25, 0.3) is 0 Å². The summed E-state index contributed by atoms with van der Waals surface area (Å²) >= 11 is 0. The van der Waals surface area contributed by atoms with E-state index in [2.05, 4.69) is 32.5 Å². The van der Waals surface area contributed by atoms with Gasteiger partial charge in [0, 0.05) is 63.6 Å². The van der Waals surface area contributed by atoms with Crippen LogP contribution in [0, 0.1) is 0 Å². The fraction of sp³-hybridized carbons (Fsp3) is 0.611. The maximum absolute atomic E-state index is 5.99. The highest BCUT2D eigenvalue weighted by atomic mass is 35.5. The van der Waals surface area contributed by atoms with Crippen LogP contribution in [-0.2, 0) is 6.54 Å². The predicted molar refractivity (Wildman–Crippen MR) is 113 cm³/mol. The second kappa shape index (κ2) is 9.57.